The monoisotopic (exact) mass is 534 g/mol. The fraction of sp³-hybridized carbons (Fsp3) is 0.174. The summed E-state index contributed by atoms with van der Waals surface area (Å²) in [6.45, 7) is 0.353. The minimum absolute atomic E-state index is 0.0146. The average molecular weight is 535 g/mol. The molecule has 0 saturated heterocycles. The lowest BCUT2D eigenvalue weighted by Crippen LogP contribution is -2.52. The van der Waals surface area contributed by atoms with Crippen molar-refractivity contribution in [2.75, 3.05) is 0 Å². The molecule has 0 N–H and O–H groups in total. The van der Waals surface area contributed by atoms with E-state index in [1.807, 2.05) is 0 Å². The molecule has 0 amide bonds. The largest absolute Gasteiger partial charge is 0.743 e. The van der Waals surface area contributed by atoms with Crippen LogP contribution in [0.2, 0.25) is 0 Å². The van der Waals surface area contributed by atoms with Crippen LogP contribution in [-0.2, 0) is 30.5 Å². The first-order valence-electron chi connectivity index (χ1n) is 9.71. The van der Waals surface area contributed by atoms with Crippen LogP contribution in [0.4, 0.5) is 22.0 Å². The summed E-state index contributed by atoms with van der Waals surface area (Å²) in [5.41, 5.74) is 0. The van der Waals surface area contributed by atoms with Crippen molar-refractivity contribution in [1.29, 1.82) is 0 Å². The molecule has 0 heterocycles. The van der Waals surface area contributed by atoms with Crippen molar-refractivity contribution in [2.45, 2.75) is 39.1 Å². The predicted molar refractivity (Wildman–Crippen MR) is 118 cm³/mol. The molecule has 3 aromatic rings. The quantitative estimate of drug-likeness (QED) is 0.183. The van der Waals surface area contributed by atoms with E-state index in [1.165, 1.54) is 14.7 Å². The Bertz CT molecular complexity index is 1100. The lowest BCUT2D eigenvalue weighted by atomic mass is 10.3. The molecule has 0 aliphatic rings. The number of rotatable bonds is 6. The molecule has 0 aromatic heterocycles. The van der Waals surface area contributed by atoms with Crippen molar-refractivity contribution in [3.05, 3.63) is 91.0 Å². The highest BCUT2D eigenvalue weighted by molar-refractivity contribution is 7.97. The van der Waals surface area contributed by atoms with E-state index >= 15 is 0 Å². The number of ether oxygens (including phenoxy) is 1. The fourth-order valence-electron chi connectivity index (χ4n) is 2.70. The third-order valence-electron chi connectivity index (χ3n) is 4.16. The molecule has 12 heteroatoms. The van der Waals surface area contributed by atoms with Gasteiger partial charge >= 0.3 is 17.4 Å². The third kappa shape index (κ3) is 7.77. The molecule has 1 unspecified atom stereocenters. The van der Waals surface area contributed by atoms with Crippen molar-refractivity contribution in [2.24, 2.45) is 0 Å². The number of benzene rings is 3. The van der Waals surface area contributed by atoms with Crippen molar-refractivity contribution in [3.8, 4) is 0 Å². The van der Waals surface area contributed by atoms with Gasteiger partial charge in [0.25, 0.3) is 6.10 Å². The van der Waals surface area contributed by atoms with Gasteiger partial charge in [-0.2, -0.15) is 22.0 Å². The normalized spacial score (nSPS) is 12.9. The van der Waals surface area contributed by atoms with E-state index in [2.05, 4.69) is 95.7 Å². The molecule has 0 radical (unpaired) electrons. The summed E-state index contributed by atoms with van der Waals surface area (Å²) < 4.78 is 93.8. The van der Waals surface area contributed by atoms with Gasteiger partial charge in [-0.25, -0.2) is 8.42 Å². The Morgan fingerprint density at radius 2 is 1.09 bits per heavy atom. The Morgan fingerprint density at radius 1 is 0.771 bits per heavy atom. The van der Waals surface area contributed by atoms with Gasteiger partial charge in [0.05, 0.1) is 10.9 Å². The second-order valence-corrected chi connectivity index (χ2v) is 10.3. The molecule has 0 saturated carbocycles. The first kappa shape index (κ1) is 28.3. The Kier molecular flexibility index (Phi) is 9.41. The van der Waals surface area contributed by atoms with E-state index in [-0.39, 0.29) is 10.9 Å². The van der Waals surface area contributed by atoms with E-state index in [0.29, 0.717) is 6.92 Å². The lowest BCUT2D eigenvalue weighted by Gasteiger charge is -2.29. The summed E-state index contributed by atoms with van der Waals surface area (Å²) in [7, 11) is -6.63. The third-order valence-corrected chi connectivity index (χ3v) is 7.27. The van der Waals surface area contributed by atoms with Crippen LogP contribution >= 0.6 is 0 Å². The molecule has 188 valence electrons. The smallest absolute Gasteiger partial charge is 0.432 e. The number of carbonyl (C=O) groups excluding carboxylic acids is 1. The minimum Gasteiger partial charge on any atom is -0.743 e. The van der Waals surface area contributed by atoms with Crippen LogP contribution in [0.25, 0.3) is 0 Å². The fourth-order valence-corrected chi connectivity index (χ4v) is 5.25. The van der Waals surface area contributed by atoms with E-state index < -0.39 is 33.6 Å². The zero-order valence-corrected chi connectivity index (χ0v) is 19.6. The molecule has 0 bridgehead atoms. The molecule has 3 aromatic carbocycles. The molecule has 3 rings (SSSR count). The average Bonchev–Trinajstić information content (AvgIpc) is 2.79. The highest BCUT2D eigenvalue weighted by atomic mass is 32.2. The summed E-state index contributed by atoms with van der Waals surface area (Å²) in [6, 6.07) is 32.2. The van der Waals surface area contributed by atoms with Gasteiger partial charge in [-0.05, 0) is 36.4 Å². The molecule has 0 spiro atoms. The van der Waals surface area contributed by atoms with Gasteiger partial charge in [0.2, 0.25) is 0 Å². The molecule has 35 heavy (non-hydrogen) atoms. The Hall–Kier alpha value is -2.96. The van der Waals surface area contributed by atoms with E-state index in [4.69, 9.17) is 0 Å². The summed E-state index contributed by atoms with van der Waals surface area (Å²) in [5.74, 6) is -1.80. The highest BCUT2D eigenvalue weighted by Crippen LogP contribution is 2.38. The van der Waals surface area contributed by atoms with Crippen LogP contribution in [-0.4, -0.2) is 36.5 Å². The molecular formula is C23H19F5O5S2. The molecule has 0 aliphatic carbocycles. The predicted octanol–water partition coefficient (Wildman–Crippen LogP) is 5.40. The standard InChI is InChI=1S/C18H15S.C5H5F5O5S/c1-4-10-16(11-5-1)19(17-12-6-2-7-13-17)18-14-8-3-9-15-18;1-2(11)15-3(4(6,7)8)5(9,10)16(12,13)14/h1-15H;3H,1H3,(H,12,13,14)/q+1;/p-1. The van der Waals surface area contributed by atoms with E-state index in [0.717, 1.165) is 0 Å². The van der Waals surface area contributed by atoms with Crippen LogP contribution < -0.4 is 0 Å². The van der Waals surface area contributed by atoms with Crippen LogP contribution in [0.5, 0.6) is 0 Å². The van der Waals surface area contributed by atoms with Crippen LogP contribution in [0.15, 0.2) is 106 Å². The van der Waals surface area contributed by atoms with Crippen molar-refractivity contribution in [3.63, 3.8) is 0 Å². The highest BCUT2D eigenvalue weighted by Gasteiger charge is 2.62. The van der Waals surface area contributed by atoms with Gasteiger partial charge in [-0.3, -0.25) is 4.79 Å². The number of carbonyl (C=O) groups is 1. The van der Waals surface area contributed by atoms with Gasteiger partial charge in [0.1, 0.15) is 0 Å². The first-order valence-corrected chi connectivity index (χ1v) is 12.3. The van der Waals surface area contributed by atoms with Gasteiger partial charge in [0, 0.05) is 6.92 Å². The van der Waals surface area contributed by atoms with E-state index in [9.17, 15) is 39.7 Å². The van der Waals surface area contributed by atoms with Gasteiger partial charge < -0.3 is 9.29 Å². The second-order valence-electron chi connectivity index (χ2n) is 6.79. The number of hydrogen-bond acceptors (Lipinski definition) is 5. The maximum atomic E-state index is 12.6. The second kappa shape index (κ2) is 11.6. The molecule has 0 aliphatic heterocycles. The van der Waals surface area contributed by atoms with Gasteiger partial charge in [0.15, 0.2) is 24.8 Å². The Balaban J connectivity index is 0.000000252. The number of esters is 1. The van der Waals surface area contributed by atoms with Crippen LogP contribution in [0.1, 0.15) is 6.92 Å². The summed E-state index contributed by atoms with van der Waals surface area (Å²) >= 11 is 0. The molecular weight excluding hydrogens is 515 g/mol. The molecule has 0 fully saturated rings. The maximum Gasteiger partial charge on any atom is 0.432 e. The number of halogens is 5. The Labute approximate surface area is 201 Å². The maximum absolute atomic E-state index is 12.6. The molecule has 5 nitrogen and oxygen atoms in total. The number of alkyl halides is 5. The van der Waals surface area contributed by atoms with Crippen molar-refractivity contribution < 1.29 is 44.5 Å². The first-order chi connectivity index (χ1) is 16.2. The minimum atomic E-state index is -6.61. The van der Waals surface area contributed by atoms with Crippen molar-refractivity contribution in [1.82, 2.24) is 0 Å². The zero-order chi connectivity index (χ0) is 26.3. The zero-order valence-electron chi connectivity index (χ0n) is 18.0. The topological polar surface area (TPSA) is 83.5 Å². The van der Waals surface area contributed by atoms with Gasteiger partial charge in [-0.1, -0.05) is 54.6 Å². The summed E-state index contributed by atoms with van der Waals surface area (Å²) in [4.78, 5) is 14.2. The molecule has 1 atom stereocenters. The summed E-state index contributed by atoms with van der Waals surface area (Å²) in [5, 5.41) is -5.78. The number of hydrogen-bond donors (Lipinski definition) is 0. The lowest BCUT2D eigenvalue weighted by molar-refractivity contribution is -0.258. The van der Waals surface area contributed by atoms with Crippen LogP contribution in [0, 0.1) is 0 Å². The SMILES string of the molecule is CC(=O)OC(C(F)(F)F)C(F)(F)S(=O)(=O)[O-].c1ccc([S+](c2ccccc2)c2ccccc2)cc1. The van der Waals surface area contributed by atoms with E-state index in [1.54, 1.807) is 0 Å². The summed E-state index contributed by atoms with van der Waals surface area (Å²) in [6.07, 6.45) is -10.2. The van der Waals surface area contributed by atoms with Crippen molar-refractivity contribution >= 4 is 27.0 Å². The van der Waals surface area contributed by atoms with Crippen LogP contribution in [0.3, 0.4) is 0 Å². The Morgan fingerprint density at radius 3 is 1.31 bits per heavy atom. The van der Waals surface area contributed by atoms with Gasteiger partial charge in [-0.15, -0.1) is 0 Å².